The Labute approximate surface area is 237 Å². The second kappa shape index (κ2) is 12.3. The number of ether oxygens (including phenoxy) is 1. The molecule has 0 saturated heterocycles. The van der Waals surface area contributed by atoms with Crippen molar-refractivity contribution in [1.29, 1.82) is 0 Å². The number of hydrogen-bond acceptors (Lipinski definition) is 8. The number of likely N-dealkylation sites (N-methyl/N-ethyl adjacent to an activating group) is 2. The first-order valence-corrected chi connectivity index (χ1v) is 12.9. The molecule has 2 aromatic carbocycles. The van der Waals surface area contributed by atoms with Crippen LogP contribution in [0.25, 0.3) is 22.6 Å². The van der Waals surface area contributed by atoms with Gasteiger partial charge in [0.25, 0.3) is 0 Å². The van der Waals surface area contributed by atoms with Crippen LogP contribution in [0, 0.1) is 0 Å². The number of hydrogen-bond donors (Lipinski definition) is 2. The Morgan fingerprint density at radius 2 is 1.90 bits per heavy atom. The number of nitrogens with zero attached hydrogens (tertiary/aromatic N) is 6. The molecule has 2 heterocycles. The van der Waals surface area contributed by atoms with Crippen molar-refractivity contribution in [1.82, 2.24) is 24.4 Å². The molecule has 2 aromatic heterocycles. The molecule has 4 aromatic rings. The minimum Gasteiger partial charge on any atom is -0.494 e. The molecule has 10 nitrogen and oxygen atoms in total. The van der Waals surface area contributed by atoms with Crippen LogP contribution in [-0.2, 0) is 11.8 Å². The molecule has 0 aliphatic rings. The quantitative estimate of drug-likeness (QED) is 0.254. The molecule has 39 heavy (non-hydrogen) atoms. The zero-order valence-corrected chi connectivity index (χ0v) is 23.9. The Hall–Kier alpha value is -3.86. The third-order valence-corrected chi connectivity index (χ3v) is 6.42. The molecule has 12 heteroatoms. The van der Waals surface area contributed by atoms with Gasteiger partial charge in [-0.1, -0.05) is 23.2 Å². The number of carbonyl (C=O) groups is 1. The maximum Gasteiger partial charge on any atom is 0.249 e. The van der Waals surface area contributed by atoms with Gasteiger partial charge in [-0.15, -0.1) is 0 Å². The number of anilines is 4. The number of nitrogens with one attached hydrogen (secondary N) is 2. The van der Waals surface area contributed by atoms with Crippen molar-refractivity contribution in [3.63, 3.8) is 0 Å². The molecule has 0 aliphatic carbocycles. The first kappa shape index (κ1) is 28.2. The van der Waals surface area contributed by atoms with Gasteiger partial charge in [0.15, 0.2) is 5.82 Å². The molecule has 0 aliphatic heterocycles. The van der Waals surface area contributed by atoms with Crippen LogP contribution < -0.4 is 20.3 Å². The largest absolute Gasteiger partial charge is 0.494 e. The number of aryl methyl sites for hydroxylation is 1. The normalized spacial score (nSPS) is 11.4. The van der Waals surface area contributed by atoms with E-state index >= 15 is 0 Å². The van der Waals surface area contributed by atoms with E-state index in [0.717, 1.165) is 29.8 Å². The van der Waals surface area contributed by atoms with Crippen molar-refractivity contribution in [2.24, 2.45) is 7.05 Å². The van der Waals surface area contributed by atoms with E-state index in [9.17, 15) is 4.79 Å². The minimum absolute atomic E-state index is 0.336. The molecule has 4 rings (SSSR count). The van der Waals surface area contributed by atoms with Gasteiger partial charge in [0, 0.05) is 56.1 Å². The topological polar surface area (TPSA) is 100 Å². The Kier molecular flexibility index (Phi) is 8.90. The van der Waals surface area contributed by atoms with Crippen molar-refractivity contribution in [3.8, 4) is 17.3 Å². The van der Waals surface area contributed by atoms with Crippen LogP contribution >= 0.6 is 23.2 Å². The summed E-state index contributed by atoms with van der Waals surface area (Å²) in [4.78, 5) is 30.3. The maximum absolute atomic E-state index is 12.4. The van der Waals surface area contributed by atoms with Gasteiger partial charge >= 0.3 is 0 Å². The summed E-state index contributed by atoms with van der Waals surface area (Å²) in [6, 6.07) is 11.0. The highest BCUT2D eigenvalue weighted by Crippen LogP contribution is 2.38. The molecule has 204 valence electrons. The Morgan fingerprint density at radius 1 is 1.10 bits per heavy atom. The predicted octanol–water partition coefficient (Wildman–Crippen LogP) is 5.12. The number of fused-ring (bicyclic) bond motifs is 1. The van der Waals surface area contributed by atoms with E-state index in [1.54, 1.807) is 25.4 Å². The number of halogens is 2. The average Bonchev–Trinajstić information content (AvgIpc) is 3.23. The number of benzene rings is 2. The van der Waals surface area contributed by atoms with Crippen LogP contribution in [0.2, 0.25) is 5.02 Å². The Bertz CT molecular complexity index is 1520. The number of carbonyl (C=O) groups excluding carboxylic acids is 1. The summed E-state index contributed by atoms with van der Waals surface area (Å²) >= 11 is 11.8. The van der Waals surface area contributed by atoms with Gasteiger partial charge in [-0.2, -0.15) is 0 Å². The lowest BCUT2D eigenvalue weighted by Gasteiger charge is -2.26. The minimum atomic E-state index is -0.358. The summed E-state index contributed by atoms with van der Waals surface area (Å²) in [5.74, 6) is 1.20. The fourth-order valence-corrected chi connectivity index (χ4v) is 4.30. The second-order valence-corrected chi connectivity index (χ2v) is 9.78. The lowest BCUT2D eigenvalue weighted by Crippen LogP contribution is -2.29. The van der Waals surface area contributed by atoms with Gasteiger partial charge in [0.05, 0.1) is 35.2 Å². The lowest BCUT2D eigenvalue weighted by molar-refractivity contribution is -0.111. The van der Waals surface area contributed by atoms with Gasteiger partial charge in [-0.25, -0.2) is 15.0 Å². The van der Waals surface area contributed by atoms with Crippen LogP contribution in [0.3, 0.4) is 0 Å². The Morgan fingerprint density at radius 3 is 2.62 bits per heavy atom. The number of methoxy groups -OCH3 is 1. The van der Waals surface area contributed by atoms with Gasteiger partial charge in [0.1, 0.15) is 11.4 Å². The maximum atomic E-state index is 12.4. The Balaban J connectivity index is 1.70. The zero-order chi connectivity index (χ0) is 28.1. The van der Waals surface area contributed by atoms with Crippen molar-refractivity contribution in [2.45, 2.75) is 0 Å². The van der Waals surface area contributed by atoms with Crippen LogP contribution in [0.15, 0.2) is 54.2 Å². The van der Waals surface area contributed by atoms with Crippen LogP contribution in [0.4, 0.5) is 23.0 Å². The van der Waals surface area contributed by atoms with E-state index in [2.05, 4.69) is 20.5 Å². The zero-order valence-electron chi connectivity index (χ0n) is 22.4. The van der Waals surface area contributed by atoms with Gasteiger partial charge in [-0.3, -0.25) is 4.79 Å². The molecule has 0 bridgehead atoms. The van der Waals surface area contributed by atoms with Gasteiger partial charge in [0.2, 0.25) is 11.9 Å². The highest BCUT2D eigenvalue weighted by molar-refractivity contribution is 6.31. The molecular formula is C27H30Cl2N8O2. The van der Waals surface area contributed by atoms with Crippen LogP contribution in [0.5, 0.6) is 5.75 Å². The number of rotatable bonds is 10. The molecule has 0 fully saturated rings. The number of amides is 1. The van der Waals surface area contributed by atoms with E-state index < -0.39 is 0 Å². The van der Waals surface area contributed by atoms with Crippen molar-refractivity contribution in [2.75, 3.05) is 56.9 Å². The summed E-state index contributed by atoms with van der Waals surface area (Å²) < 4.78 is 7.65. The summed E-state index contributed by atoms with van der Waals surface area (Å²) in [6.45, 7) is 1.55. The van der Waals surface area contributed by atoms with E-state index in [4.69, 9.17) is 37.9 Å². The highest BCUT2D eigenvalue weighted by Gasteiger charge is 2.18. The van der Waals surface area contributed by atoms with E-state index in [0.29, 0.717) is 39.6 Å². The van der Waals surface area contributed by atoms with E-state index in [-0.39, 0.29) is 5.91 Å². The second-order valence-electron chi connectivity index (χ2n) is 9.09. The summed E-state index contributed by atoms with van der Waals surface area (Å²) in [5, 5.41) is 6.74. The average molecular weight is 569 g/mol. The molecular weight excluding hydrogens is 539 g/mol. The molecule has 0 atom stereocenters. The fourth-order valence-electron chi connectivity index (χ4n) is 4.02. The van der Waals surface area contributed by atoms with Gasteiger partial charge < -0.3 is 29.7 Å². The highest BCUT2D eigenvalue weighted by atomic mass is 35.5. The molecule has 0 spiro atoms. The third-order valence-electron chi connectivity index (χ3n) is 6.06. The summed E-state index contributed by atoms with van der Waals surface area (Å²) in [5.41, 5.74) is 5.43. The third kappa shape index (κ3) is 6.59. The summed E-state index contributed by atoms with van der Waals surface area (Å²) in [6.07, 6.45) is 2.90. The summed E-state index contributed by atoms with van der Waals surface area (Å²) in [7, 11) is 9.47. The number of aromatic nitrogens is 4. The first-order chi connectivity index (χ1) is 18.7. The van der Waals surface area contributed by atoms with Crippen LogP contribution in [0.1, 0.15) is 0 Å². The van der Waals surface area contributed by atoms with Crippen molar-refractivity contribution < 1.29 is 9.53 Å². The smallest absolute Gasteiger partial charge is 0.249 e. The van der Waals surface area contributed by atoms with E-state index in [1.807, 2.05) is 61.9 Å². The predicted molar refractivity (Wildman–Crippen MR) is 158 cm³/mol. The number of imidazole rings is 1. The lowest BCUT2D eigenvalue weighted by atomic mass is 10.2. The molecule has 2 N–H and O–H groups in total. The van der Waals surface area contributed by atoms with Gasteiger partial charge in [-0.05, 0) is 44.4 Å². The first-order valence-electron chi connectivity index (χ1n) is 12.1. The molecule has 0 unspecified atom stereocenters. The van der Waals surface area contributed by atoms with Crippen molar-refractivity contribution >= 4 is 63.2 Å². The SMILES string of the molecule is COc1cc(N(C)CCN(C)C)c(NC(=O)C=CCl)cc1Nc1nccc(-c2nc3cc(Cl)ccc3n2C)n1. The van der Waals surface area contributed by atoms with E-state index in [1.165, 1.54) is 11.6 Å². The molecule has 1 amide bonds. The monoisotopic (exact) mass is 568 g/mol. The molecule has 0 radical (unpaired) electrons. The molecule has 0 saturated carbocycles. The van der Waals surface area contributed by atoms with Crippen molar-refractivity contribution in [3.05, 3.63) is 59.2 Å². The fraction of sp³-hybridized carbons (Fsp3) is 0.259. The standard InChI is InChI=1S/C27H30Cl2N8O2/c1-35(2)12-13-36(3)23-16-24(39-5)21(15-20(23)31-25(38)8-10-28)34-27-30-11-9-18(33-27)26-32-19-14-17(29)6-7-22(19)37(26)4/h6-11,14-16H,12-13H2,1-5H3,(H,31,38)(H,30,33,34). The van der Waals surface area contributed by atoms with Crippen LogP contribution in [-0.4, -0.2) is 71.7 Å².